The Labute approximate surface area is 96.9 Å². The van der Waals surface area contributed by atoms with Gasteiger partial charge in [-0.1, -0.05) is 0 Å². The fourth-order valence-electron chi connectivity index (χ4n) is 1.05. The predicted octanol–water partition coefficient (Wildman–Crippen LogP) is 0.678. The molecule has 0 saturated carbocycles. The highest BCUT2D eigenvalue weighted by Gasteiger charge is 2.12. The molecule has 1 heterocycles. The molecule has 7 heteroatoms. The Hall–Kier alpha value is -1.63. The first-order valence-electron chi connectivity index (χ1n) is 4.60. The minimum atomic E-state index is -1.06. The SMILES string of the molecule is Cc1ncsc1CN(C)C(=O)NCC(=O)O. The number of urea groups is 1. The lowest BCUT2D eigenvalue weighted by atomic mass is 10.4. The zero-order valence-electron chi connectivity index (χ0n) is 9.06. The van der Waals surface area contributed by atoms with Gasteiger partial charge in [0.2, 0.25) is 0 Å². The van der Waals surface area contributed by atoms with Gasteiger partial charge in [0, 0.05) is 11.9 Å². The zero-order valence-corrected chi connectivity index (χ0v) is 9.87. The van der Waals surface area contributed by atoms with Gasteiger partial charge in [0.25, 0.3) is 0 Å². The van der Waals surface area contributed by atoms with Gasteiger partial charge in [-0.2, -0.15) is 0 Å². The van der Waals surface area contributed by atoms with Gasteiger partial charge < -0.3 is 15.3 Å². The number of carbonyl (C=O) groups is 2. The van der Waals surface area contributed by atoms with Crippen LogP contribution < -0.4 is 5.32 Å². The van der Waals surface area contributed by atoms with Crippen molar-refractivity contribution in [3.05, 3.63) is 16.1 Å². The Bertz CT molecular complexity index is 391. The third-order valence-corrected chi connectivity index (χ3v) is 2.88. The van der Waals surface area contributed by atoms with E-state index in [2.05, 4.69) is 10.3 Å². The first kappa shape index (κ1) is 12.4. The van der Waals surface area contributed by atoms with Gasteiger partial charge in [0.1, 0.15) is 6.54 Å². The van der Waals surface area contributed by atoms with Crippen molar-refractivity contribution in [3.8, 4) is 0 Å². The molecular formula is C9H13N3O3S. The maximum Gasteiger partial charge on any atom is 0.323 e. The second-order valence-electron chi connectivity index (χ2n) is 3.27. The largest absolute Gasteiger partial charge is 0.480 e. The van der Waals surface area contributed by atoms with Crippen molar-refractivity contribution >= 4 is 23.3 Å². The van der Waals surface area contributed by atoms with Gasteiger partial charge in [-0.05, 0) is 6.92 Å². The Morgan fingerprint density at radius 2 is 2.31 bits per heavy atom. The van der Waals surface area contributed by atoms with Crippen molar-refractivity contribution in [1.29, 1.82) is 0 Å². The molecule has 0 bridgehead atoms. The van der Waals surface area contributed by atoms with Crippen LogP contribution in [0.2, 0.25) is 0 Å². The van der Waals surface area contributed by atoms with Crippen LogP contribution in [0.25, 0.3) is 0 Å². The van der Waals surface area contributed by atoms with E-state index in [0.717, 1.165) is 10.6 Å². The second kappa shape index (κ2) is 5.45. The van der Waals surface area contributed by atoms with E-state index < -0.39 is 12.0 Å². The summed E-state index contributed by atoms with van der Waals surface area (Å²) in [5.74, 6) is -1.06. The van der Waals surface area contributed by atoms with Crippen molar-refractivity contribution in [3.63, 3.8) is 0 Å². The van der Waals surface area contributed by atoms with E-state index in [9.17, 15) is 9.59 Å². The van der Waals surface area contributed by atoms with Crippen molar-refractivity contribution in [2.45, 2.75) is 13.5 Å². The summed E-state index contributed by atoms with van der Waals surface area (Å²) >= 11 is 1.47. The van der Waals surface area contributed by atoms with Crippen LogP contribution in [0.5, 0.6) is 0 Å². The molecule has 0 saturated heterocycles. The molecule has 0 aromatic carbocycles. The summed E-state index contributed by atoms with van der Waals surface area (Å²) in [5, 5.41) is 10.7. The van der Waals surface area contributed by atoms with Crippen LogP contribution in [0.1, 0.15) is 10.6 Å². The molecule has 0 aliphatic carbocycles. The van der Waals surface area contributed by atoms with Crippen LogP contribution in [-0.4, -0.2) is 40.6 Å². The molecule has 0 aliphatic rings. The summed E-state index contributed by atoms with van der Waals surface area (Å²) in [7, 11) is 1.61. The van der Waals surface area contributed by atoms with Gasteiger partial charge in [-0.3, -0.25) is 4.79 Å². The smallest absolute Gasteiger partial charge is 0.323 e. The van der Waals surface area contributed by atoms with E-state index in [-0.39, 0.29) is 6.54 Å². The monoisotopic (exact) mass is 243 g/mol. The molecule has 6 nitrogen and oxygen atoms in total. The van der Waals surface area contributed by atoms with E-state index >= 15 is 0 Å². The third kappa shape index (κ3) is 3.50. The fraction of sp³-hybridized carbons (Fsp3) is 0.444. The quantitative estimate of drug-likeness (QED) is 0.814. The van der Waals surface area contributed by atoms with Gasteiger partial charge in [0.05, 0.1) is 17.7 Å². The molecule has 0 radical (unpaired) electrons. The minimum Gasteiger partial charge on any atom is -0.480 e. The number of hydrogen-bond acceptors (Lipinski definition) is 4. The van der Waals surface area contributed by atoms with Crippen molar-refractivity contribution in [2.24, 2.45) is 0 Å². The number of thiazole rings is 1. The number of aryl methyl sites for hydroxylation is 1. The van der Waals surface area contributed by atoms with Crippen LogP contribution in [0.15, 0.2) is 5.51 Å². The summed E-state index contributed by atoms with van der Waals surface area (Å²) in [5.41, 5.74) is 2.61. The lowest BCUT2D eigenvalue weighted by Crippen LogP contribution is -2.39. The Morgan fingerprint density at radius 3 is 2.81 bits per heavy atom. The molecule has 1 aromatic heterocycles. The normalized spacial score (nSPS) is 9.88. The first-order chi connectivity index (χ1) is 7.50. The number of carboxylic acids is 1. The van der Waals surface area contributed by atoms with Gasteiger partial charge in [0.15, 0.2) is 0 Å². The number of rotatable bonds is 4. The third-order valence-electron chi connectivity index (χ3n) is 1.96. The van der Waals surface area contributed by atoms with Crippen molar-refractivity contribution < 1.29 is 14.7 Å². The first-order valence-corrected chi connectivity index (χ1v) is 5.48. The number of aromatic nitrogens is 1. The number of amides is 2. The van der Waals surface area contributed by atoms with Crippen LogP contribution in [0.4, 0.5) is 4.79 Å². The van der Waals surface area contributed by atoms with Crippen LogP contribution in [0, 0.1) is 6.92 Å². The topological polar surface area (TPSA) is 82.5 Å². The molecule has 0 spiro atoms. The highest BCUT2D eigenvalue weighted by atomic mass is 32.1. The highest BCUT2D eigenvalue weighted by Crippen LogP contribution is 2.13. The number of hydrogen-bond donors (Lipinski definition) is 2. The number of nitrogens with zero attached hydrogens (tertiary/aromatic N) is 2. The Kier molecular flexibility index (Phi) is 4.24. The summed E-state index contributed by atoms with van der Waals surface area (Å²) in [4.78, 5) is 28.2. The summed E-state index contributed by atoms with van der Waals surface area (Å²) in [6.07, 6.45) is 0. The molecule has 0 fully saturated rings. The van der Waals surface area contributed by atoms with Crippen LogP contribution in [-0.2, 0) is 11.3 Å². The van der Waals surface area contributed by atoms with E-state index in [1.54, 1.807) is 12.6 Å². The van der Waals surface area contributed by atoms with Gasteiger partial charge in [-0.15, -0.1) is 11.3 Å². The van der Waals surface area contributed by atoms with Crippen molar-refractivity contribution in [2.75, 3.05) is 13.6 Å². The average molecular weight is 243 g/mol. The van der Waals surface area contributed by atoms with E-state index in [1.165, 1.54) is 16.2 Å². The lowest BCUT2D eigenvalue weighted by Gasteiger charge is -2.16. The molecular weight excluding hydrogens is 230 g/mol. The summed E-state index contributed by atoms with van der Waals surface area (Å²) < 4.78 is 0. The molecule has 1 rings (SSSR count). The summed E-state index contributed by atoms with van der Waals surface area (Å²) in [6.45, 7) is 1.93. The highest BCUT2D eigenvalue weighted by molar-refractivity contribution is 7.09. The zero-order chi connectivity index (χ0) is 12.1. The molecule has 0 unspecified atom stereocenters. The molecule has 2 N–H and O–H groups in total. The molecule has 0 atom stereocenters. The molecule has 0 aliphatic heterocycles. The lowest BCUT2D eigenvalue weighted by molar-refractivity contribution is -0.135. The summed E-state index contributed by atoms with van der Waals surface area (Å²) in [6, 6.07) is -0.407. The molecule has 88 valence electrons. The second-order valence-corrected chi connectivity index (χ2v) is 4.21. The minimum absolute atomic E-state index is 0.370. The van der Waals surface area contributed by atoms with Gasteiger partial charge in [-0.25, -0.2) is 9.78 Å². The standard InChI is InChI=1S/C9H13N3O3S/c1-6-7(16-5-11-6)4-12(2)9(15)10-3-8(13)14/h5H,3-4H2,1-2H3,(H,10,15)(H,13,14). The molecule has 2 amide bonds. The Morgan fingerprint density at radius 1 is 1.62 bits per heavy atom. The van der Waals surface area contributed by atoms with Crippen LogP contribution in [0.3, 0.4) is 0 Å². The number of aliphatic carboxylic acids is 1. The number of nitrogens with one attached hydrogen (secondary N) is 1. The maximum atomic E-state index is 11.4. The molecule has 1 aromatic rings. The fourth-order valence-corrected chi connectivity index (χ4v) is 1.88. The van der Waals surface area contributed by atoms with E-state index in [0.29, 0.717) is 6.54 Å². The predicted molar refractivity (Wildman–Crippen MR) is 59.4 cm³/mol. The van der Waals surface area contributed by atoms with Crippen LogP contribution >= 0.6 is 11.3 Å². The number of carboxylic acid groups (broad SMARTS) is 1. The van der Waals surface area contributed by atoms with Gasteiger partial charge >= 0.3 is 12.0 Å². The van der Waals surface area contributed by atoms with Crippen molar-refractivity contribution in [1.82, 2.24) is 15.2 Å². The van der Waals surface area contributed by atoms with E-state index in [1.807, 2.05) is 6.92 Å². The number of carbonyl (C=O) groups excluding carboxylic acids is 1. The van der Waals surface area contributed by atoms with E-state index in [4.69, 9.17) is 5.11 Å². The maximum absolute atomic E-state index is 11.4. The average Bonchev–Trinajstić information content (AvgIpc) is 2.60. The molecule has 16 heavy (non-hydrogen) atoms. The Balaban J connectivity index is 2.46.